The molecule has 2 heterocycles. The third-order valence-corrected chi connectivity index (χ3v) is 4.08. The molecule has 0 spiro atoms. The van der Waals surface area contributed by atoms with Crippen LogP contribution in [0.25, 0.3) is 0 Å². The summed E-state index contributed by atoms with van der Waals surface area (Å²) in [5.74, 6) is -0.679. The maximum Gasteiger partial charge on any atom is 0.308 e. The highest BCUT2D eigenvalue weighted by molar-refractivity contribution is 7.12. The molecule has 0 bridgehead atoms. The number of nitrogens with one attached hydrogen (secondary N) is 1. The zero-order chi connectivity index (χ0) is 13.1. The van der Waals surface area contributed by atoms with Crippen molar-refractivity contribution in [3.05, 3.63) is 21.9 Å². The first-order valence-electron chi connectivity index (χ1n) is 5.84. The van der Waals surface area contributed by atoms with Crippen LogP contribution in [0.3, 0.4) is 0 Å². The number of carboxylic acid groups (broad SMARTS) is 1. The fourth-order valence-electron chi connectivity index (χ4n) is 2.00. The average Bonchev–Trinajstić information content (AvgIpc) is 2.86. The van der Waals surface area contributed by atoms with E-state index >= 15 is 0 Å². The first kappa shape index (κ1) is 13.0. The highest BCUT2D eigenvalue weighted by Crippen LogP contribution is 2.18. The normalized spacial score (nSPS) is 19.5. The van der Waals surface area contributed by atoms with E-state index in [9.17, 15) is 9.59 Å². The van der Waals surface area contributed by atoms with Gasteiger partial charge in [-0.05, 0) is 18.6 Å². The highest BCUT2D eigenvalue weighted by atomic mass is 32.1. The molecule has 1 unspecified atom stereocenters. The Morgan fingerprint density at radius 3 is 2.89 bits per heavy atom. The molecule has 6 heteroatoms. The van der Waals surface area contributed by atoms with Crippen LogP contribution in [0.4, 0.5) is 0 Å². The van der Waals surface area contributed by atoms with E-state index in [1.807, 2.05) is 12.1 Å². The lowest BCUT2D eigenvalue weighted by molar-refractivity contribution is -0.136. The lowest BCUT2D eigenvalue weighted by atomic mass is 10.2. The van der Waals surface area contributed by atoms with Crippen LogP contribution in [-0.4, -0.2) is 41.5 Å². The van der Waals surface area contributed by atoms with Crippen molar-refractivity contribution >= 4 is 23.2 Å². The third kappa shape index (κ3) is 3.08. The van der Waals surface area contributed by atoms with E-state index in [1.54, 1.807) is 11.9 Å². The van der Waals surface area contributed by atoms with Crippen LogP contribution in [-0.2, 0) is 22.6 Å². The smallest absolute Gasteiger partial charge is 0.308 e. The zero-order valence-corrected chi connectivity index (χ0v) is 11.0. The molecule has 1 aliphatic rings. The van der Waals surface area contributed by atoms with E-state index in [0.29, 0.717) is 6.54 Å². The predicted octanol–water partition coefficient (Wildman–Crippen LogP) is 0.695. The Bertz CT molecular complexity index is 458. The minimum absolute atomic E-state index is 0.0652. The Hall–Kier alpha value is -1.40. The number of likely N-dealkylation sites (N-methyl/N-ethyl adjacent to an activating group) is 1. The summed E-state index contributed by atoms with van der Waals surface area (Å²) >= 11 is 1.48. The van der Waals surface area contributed by atoms with Crippen LogP contribution in [0.2, 0.25) is 0 Å². The lowest BCUT2D eigenvalue weighted by Gasteiger charge is -2.11. The molecule has 0 radical (unpaired) electrons. The van der Waals surface area contributed by atoms with Gasteiger partial charge in [0.05, 0.1) is 12.5 Å². The van der Waals surface area contributed by atoms with E-state index in [-0.39, 0.29) is 18.4 Å². The SMILES string of the molecule is CN1CCC(NCc2ccc(CC(=O)O)s2)C1=O. The number of carboxylic acids is 1. The van der Waals surface area contributed by atoms with Gasteiger partial charge in [0, 0.05) is 29.9 Å². The molecule has 1 aromatic rings. The number of nitrogens with zero attached hydrogens (tertiary/aromatic N) is 1. The van der Waals surface area contributed by atoms with Gasteiger partial charge in [-0.2, -0.15) is 0 Å². The average molecular weight is 268 g/mol. The molecule has 1 saturated heterocycles. The molecule has 1 amide bonds. The maximum atomic E-state index is 11.7. The molecular weight excluding hydrogens is 252 g/mol. The Morgan fingerprint density at radius 1 is 1.56 bits per heavy atom. The first-order valence-corrected chi connectivity index (χ1v) is 6.65. The molecule has 18 heavy (non-hydrogen) atoms. The number of amides is 1. The number of carbonyl (C=O) groups is 2. The number of carbonyl (C=O) groups excluding carboxylic acids is 1. The molecule has 1 aliphatic heterocycles. The van der Waals surface area contributed by atoms with E-state index < -0.39 is 5.97 Å². The molecule has 98 valence electrons. The van der Waals surface area contributed by atoms with Crippen molar-refractivity contribution in [2.45, 2.75) is 25.4 Å². The monoisotopic (exact) mass is 268 g/mol. The molecule has 0 saturated carbocycles. The van der Waals surface area contributed by atoms with Gasteiger partial charge in [0.15, 0.2) is 0 Å². The summed E-state index contributed by atoms with van der Waals surface area (Å²) in [4.78, 5) is 25.9. The van der Waals surface area contributed by atoms with Gasteiger partial charge in [-0.1, -0.05) is 0 Å². The summed E-state index contributed by atoms with van der Waals surface area (Å²) in [6.07, 6.45) is 0.901. The molecular formula is C12H16N2O3S. The van der Waals surface area contributed by atoms with Crippen molar-refractivity contribution < 1.29 is 14.7 Å². The highest BCUT2D eigenvalue weighted by Gasteiger charge is 2.28. The molecule has 1 atom stereocenters. The fraction of sp³-hybridized carbons (Fsp3) is 0.500. The molecule has 2 rings (SSSR count). The fourth-order valence-corrected chi connectivity index (χ4v) is 2.96. The summed E-state index contributed by atoms with van der Waals surface area (Å²) in [6.45, 7) is 1.42. The summed E-state index contributed by atoms with van der Waals surface area (Å²) in [5, 5.41) is 11.9. The Labute approximate surface area is 109 Å². The lowest BCUT2D eigenvalue weighted by Crippen LogP contribution is -2.36. The standard InChI is InChI=1S/C12H16N2O3S/c1-14-5-4-10(12(14)17)13-7-9-3-2-8(18-9)6-11(15)16/h2-3,10,13H,4-7H2,1H3,(H,15,16). The van der Waals surface area contributed by atoms with Gasteiger partial charge in [0.1, 0.15) is 0 Å². The van der Waals surface area contributed by atoms with E-state index in [0.717, 1.165) is 22.7 Å². The van der Waals surface area contributed by atoms with Gasteiger partial charge in [-0.25, -0.2) is 0 Å². The van der Waals surface area contributed by atoms with Crippen LogP contribution >= 0.6 is 11.3 Å². The van der Waals surface area contributed by atoms with Crippen molar-refractivity contribution in [3.8, 4) is 0 Å². The first-order chi connectivity index (χ1) is 8.56. The zero-order valence-electron chi connectivity index (χ0n) is 10.2. The topological polar surface area (TPSA) is 69.6 Å². The van der Waals surface area contributed by atoms with Crippen molar-refractivity contribution in [2.75, 3.05) is 13.6 Å². The third-order valence-electron chi connectivity index (χ3n) is 2.99. The maximum absolute atomic E-state index is 11.7. The number of aliphatic carboxylic acids is 1. The van der Waals surface area contributed by atoms with E-state index in [2.05, 4.69) is 5.32 Å². The van der Waals surface area contributed by atoms with Crippen molar-refractivity contribution in [3.63, 3.8) is 0 Å². The molecule has 0 aliphatic carbocycles. The summed E-state index contributed by atoms with van der Waals surface area (Å²) in [6, 6.07) is 3.65. The van der Waals surface area contributed by atoms with Crippen molar-refractivity contribution in [1.82, 2.24) is 10.2 Å². The summed E-state index contributed by atoms with van der Waals surface area (Å²) in [5.41, 5.74) is 0. The van der Waals surface area contributed by atoms with Gasteiger partial charge >= 0.3 is 5.97 Å². The number of thiophene rings is 1. The summed E-state index contributed by atoms with van der Waals surface area (Å²) < 4.78 is 0. The number of hydrogen-bond acceptors (Lipinski definition) is 4. The molecule has 1 aromatic heterocycles. The Balaban J connectivity index is 1.85. The quantitative estimate of drug-likeness (QED) is 0.824. The van der Waals surface area contributed by atoms with Crippen LogP contribution in [0.5, 0.6) is 0 Å². The van der Waals surface area contributed by atoms with Gasteiger partial charge in [-0.15, -0.1) is 11.3 Å². The Kier molecular flexibility index (Phi) is 3.98. The molecule has 0 aromatic carbocycles. The second-order valence-corrected chi connectivity index (χ2v) is 5.67. The summed E-state index contributed by atoms with van der Waals surface area (Å²) in [7, 11) is 1.81. The number of rotatable bonds is 5. The van der Waals surface area contributed by atoms with E-state index in [4.69, 9.17) is 5.11 Å². The van der Waals surface area contributed by atoms with Crippen LogP contribution in [0.1, 0.15) is 16.2 Å². The minimum Gasteiger partial charge on any atom is -0.481 e. The van der Waals surface area contributed by atoms with Gasteiger partial charge in [0.25, 0.3) is 0 Å². The number of hydrogen-bond donors (Lipinski definition) is 2. The predicted molar refractivity (Wildman–Crippen MR) is 68.5 cm³/mol. The minimum atomic E-state index is -0.816. The second-order valence-electron chi connectivity index (χ2n) is 4.42. The van der Waals surface area contributed by atoms with Crippen molar-refractivity contribution in [1.29, 1.82) is 0 Å². The van der Waals surface area contributed by atoms with E-state index in [1.165, 1.54) is 11.3 Å². The van der Waals surface area contributed by atoms with Crippen LogP contribution < -0.4 is 5.32 Å². The molecule has 5 nitrogen and oxygen atoms in total. The molecule has 1 fully saturated rings. The number of likely N-dealkylation sites (tertiary alicyclic amines) is 1. The van der Waals surface area contributed by atoms with Gasteiger partial charge in [0.2, 0.25) is 5.91 Å². The van der Waals surface area contributed by atoms with Crippen LogP contribution in [0.15, 0.2) is 12.1 Å². The van der Waals surface area contributed by atoms with Gasteiger partial charge < -0.3 is 15.3 Å². The van der Waals surface area contributed by atoms with Crippen LogP contribution in [0, 0.1) is 0 Å². The largest absolute Gasteiger partial charge is 0.481 e. The molecule has 2 N–H and O–H groups in total. The van der Waals surface area contributed by atoms with Gasteiger partial charge in [-0.3, -0.25) is 9.59 Å². The van der Waals surface area contributed by atoms with Crippen molar-refractivity contribution in [2.24, 2.45) is 0 Å². The Morgan fingerprint density at radius 2 is 2.28 bits per heavy atom. The second kappa shape index (κ2) is 5.49.